The zero-order valence-corrected chi connectivity index (χ0v) is 15.4. The summed E-state index contributed by atoms with van der Waals surface area (Å²) in [5, 5.41) is 0. The van der Waals surface area contributed by atoms with Gasteiger partial charge in [-0.1, -0.05) is 81.3 Å². The molecule has 128 valence electrons. The standard InChI is InChI=1S/C24H32/c1-3-7-20-10-14-23(15-11-20)24-16-12-21(13-17-24)18-19(2)22-8-5-4-6-9-22/h4-6,8-9,12-13,16-17,19-20,23H,3,7,10-11,14-15,18H2,1-2H3. The van der Waals surface area contributed by atoms with Crippen molar-refractivity contribution in [2.45, 2.75) is 70.6 Å². The Morgan fingerprint density at radius 1 is 0.875 bits per heavy atom. The van der Waals surface area contributed by atoms with Gasteiger partial charge in [0.1, 0.15) is 0 Å². The second-order valence-electron chi connectivity index (χ2n) is 7.76. The fourth-order valence-corrected chi connectivity index (χ4v) is 4.37. The molecule has 0 nitrogen and oxygen atoms in total. The van der Waals surface area contributed by atoms with Gasteiger partial charge in [0.15, 0.2) is 0 Å². The van der Waals surface area contributed by atoms with Gasteiger partial charge in [0.2, 0.25) is 0 Å². The van der Waals surface area contributed by atoms with Crippen LogP contribution in [0, 0.1) is 5.92 Å². The second kappa shape index (κ2) is 8.51. The Morgan fingerprint density at radius 3 is 2.17 bits per heavy atom. The van der Waals surface area contributed by atoms with Gasteiger partial charge in [-0.25, -0.2) is 0 Å². The summed E-state index contributed by atoms with van der Waals surface area (Å²) in [6.45, 7) is 4.65. The van der Waals surface area contributed by atoms with Crippen LogP contribution in [-0.4, -0.2) is 0 Å². The van der Waals surface area contributed by atoms with Crippen LogP contribution in [0.2, 0.25) is 0 Å². The van der Waals surface area contributed by atoms with E-state index >= 15 is 0 Å². The number of hydrogen-bond acceptors (Lipinski definition) is 0. The zero-order chi connectivity index (χ0) is 16.8. The first-order valence-corrected chi connectivity index (χ1v) is 9.90. The largest absolute Gasteiger partial charge is 0.0654 e. The van der Waals surface area contributed by atoms with Gasteiger partial charge in [0, 0.05) is 0 Å². The van der Waals surface area contributed by atoms with Crippen molar-refractivity contribution in [1.82, 2.24) is 0 Å². The monoisotopic (exact) mass is 320 g/mol. The zero-order valence-electron chi connectivity index (χ0n) is 15.4. The van der Waals surface area contributed by atoms with Gasteiger partial charge in [0.25, 0.3) is 0 Å². The van der Waals surface area contributed by atoms with Crippen molar-refractivity contribution in [2.75, 3.05) is 0 Å². The van der Waals surface area contributed by atoms with Crippen molar-refractivity contribution in [2.24, 2.45) is 5.92 Å². The Kier molecular flexibility index (Phi) is 6.12. The Labute approximate surface area is 148 Å². The lowest BCUT2D eigenvalue weighted by Crippen LogP contribution is -2.13. The van der Waals surface area contributed by atoms with Crippen LogP contribution < -0.4 is 0 Å². The van der Waals surface area contributed by atoms with Crippen molar-refractivity contribution in [3.05, 3.63) is 71.3 Å². The van der Waals surface area contributed by atoms with Crippen molar-refractivity contribution < 1.29 is 0 Å². The lowest BCUT2D eigenvalue weighted by Gasteiger charge is -2.28. The highest BCUT2D eigenvalue weighted by Gasteiger charge is 2.21. The van der Waals surface area contributed by atoms with Crippen molar-refractivity contribution in [3.8, 4) is 0 Å². The van der Waals surface area contributed by atoms with Gasteiger partial charge < -0.3 is 0 Å². The van der Waals surface area contributed by atoms with E-state index in [-0.39, 0.29) is 0 Å². The van der Waals surface area contributed by atoms with Crippen LogP contribution in [0.25, 0.3) is 0 Å². The molecule has 1 fully saturated rings. The summed E-state index contributed by atoms with van der Waals surface area (Å²) in [4.78, 5) is 0. The molecule has 1 aliphatic carbocycles. The fraction of sp³-hybridized carbons (Fsp3) is 0.500. The number of hydrogen-bond donors (Lipinski definition) is 0. The smallest absolute Gasteiger partial charge is 0.0150 e. The second-order valence-corrected chi connectivity index (χ2v) is 7.76. The van der Waals surface area contributed by atoms with E-state index in [1.807, 2.05) is 0 Å². The molecule has 2 aromatic rings. The predicted molar refractivity (Wildman–Crippen MR) is 105 cm³/mol. The van der Waals surface area contributed by atoms with Gasteiger partial charge in [-0.3, -0.25) is 0 Å². The summed E-state index contributed by atoms with van der Waals surface area (Å²) in [6.07, 6.45) is 9.58. The number of benzene rings is 2. The van der Waals surface area contributed by atoms with E-state index in [0.717, 1.165) is 18.3 Å². The molecule has 0 heteroatoms. The van der Waals surface area contributed by atoms with E-state index < -0.39 is 0 Å². The third-order valence-corrected chi connectivity index (χ3v) is 5.91. The van der Waals surface area contributed by atoms with E-state index in [0.29, 0.717) is 5.92 Å². The Hall–Kier alpha value is -1.56. The molecule has 0 radical (unpaired) electrons. The van der Waals surface area contributed by atoms with Gasteiger partial charge in [-0.05, 0) is 66.5 Å². The molecule has 0 aromatic heterocycles. The Morgan fingerprint density at radius 2 is 1.54 bits per heavy atom. The molecule has 1 unspecified atom stereocenters. The molecular weight excluding hydrogens is 288 g/mol. The van der Waals surface area contributed by atoms with Crippen molar-refractivity contribution in [3.63, 3.8) is 0 Å². The predicted octanol–water partition coefficient (Wildman–Crippen LogP) is 7.11. The molecule has 1 atom stereocenters. The average molecular weight is 321 g/mol. The molecular formula is C24H32. The van der Waals surface area contributed by atoms with Crippen LogP contribution in [0.3, 0.4) is 0 Å². The molecule has 3 rings (SSSR count). The highest BCUT2D eigenvalue weighted by molar-refractivity contribution is 5.28. The van der Waals surface area contributed by atoms with Crippen molar-refractivity contribution in [1.29, 1.82) is 0 Å². The van der Waals surface area contributed by atoms with Crippen LogP contribution in [0.4, 0.5) is 0 Å². The minimum absolute atomic E-state index is 0.585. The SMILES string of the molecule is CCCC1CCC(c2ccc(CC(C)c3ccccc3)cc2)CC1. The van der Waals surface area contributed by atoms with Crippen LogP contribution in [0.15, 0.2) is 54.6 Å². The topological polar surface area (TPSA) is 0 Å². The van der Waals surface area contributed by atoms with Gasteiger partial charge in [0.05, 0.1) is 0 Å². The summed E-state index contributed by atoms with van der Waals surface area (Å²) in [5.41, 5.74) is 4.48. The minimum Gasteiger partial charge on any atom is -0.0654 e. The molecule has 0 heterocycles. The first-order chi connectivity index (χ1) is 11.8. The van der Waals surface area contributed by atoms with E-state index in [9.17, 15) is 0 Å². The average Bonchev–Trinajstić information content (AvgIpc) is 2.64. The maximum atomic E-state index is 2.40. The van der Waals surface area contributed by atoms with Crippen molar-refractivity contribution >= 4 is 0 Å². The van der Waals surface area contributed by atoms with Gasteiger partial charge >= 0.3 is 0 Å². The molecule has 1 aliphatic rings. The normalized spacial score (nSPS) is 22.2. The quantitative estimate of drug-likeness (QED) is 0.532. The summed E-state index contributed by atoms with van der Waals surface area (Å²) >= 11 is 0. The van der Waals surface area contributed by atoms with Crippen LogP contribution in [0.5, 0.6) is 0 Å². The fourth-order valence-electron chi connectivity index (χ4n) is 4.37. The molecule has 0 saturated heterocycles. The van der Waals surface area contributed by atoms with E-state index in [4.69, 9.17) is 0 Å². The first kappa shape index (κ1) is 17.3. The summed E-state index contributed by atoms with van der Waals surface area (Å²) < 4.78 is 0. The molecule has 2 aromatic carbocycles. The third-order valence-electron chi connectivity index (χ3n) is 5.91. The lowest BCUT2D eigenvalue weighted by molar-refractivity contribution is 0.308. The van der Waals surface area contributed by atoms with Crippen LogP contribution >= 0.6 is 0 Å². The van der Waals surface area contributed by atoms with E-state index in [1.54, 1.807) is 5.56 Å². The van der Waals surface area contributed by atoms with E-state index in [1.165, 1.54) is 49.7 Å². The van der Waals surface area contributed by atoms with E-state index in [2.05, 4.69) is 68.4 Å². The third kappa shape index (κ3) is 4.50. The maximum Gasteiger partial charge on any atom is -0.0150 e. The van der Waals surface area contributed by atoms with Gasteiger partial charge in [-0.15, -0.1) is 0 Å². The maximum absolute atomic E-state index is 2.40. The highest BCUT2D eigenvalue weighted by Crippen LogP contribution is 2.37. The molecule has 0 N–H and O–H groups in total. The first-order valence-electron chi connectivity index (χ1n) is 9.90. The minimum atomic E-state index is 0.585. The molecule has 1 saturated carbocycles. The molecule has 0 bridgehead atoms. The Balaban J connectivity index is 1.56. The molecule has 0 spiro atoms. The molecule has 24 heavy (non-hydrogen) atoms. The Bertz CT molecular complexity index is 588. The van der Waals surface area contributed by atoms with Crippen LogP contribution in [-0.2, 0) is 6.42 Å². The van der Waals surface area contributed by atoms with Gasteiger partial charge in [-0.2, -0.15) is 0 Å². The molecule has 0 aliphatic heterocycles. The summed E-state index contributed by atoms with van der Waals surface area (Å²) in [5.74, 6) is 2.39. The molecule has 0 amide bonds. The summed E-state index contributed by atoms with van der Waals surface area (Å²) in [7, 11) is 0. The van der Waals surface area contributed by atoms with Crippen LogP contribution in [0.1, 0.15) is 80.9 Å². The number of rotatable bonds is 6. The highest BCUT2D eigenvalue weighted by atomic mass is 14.3. The lowest BCUT2D eigenvalue weighted by atomic mass is 9.77. The summed E-state index contributed by atoms with van der Waals surface area (Å²) in [6, 6.07) is 20.4.